The molecule has 7 nitrogen and oxygen atoms in total. The summed E-state index contributed by atoms with van der Waals surface area (Å²) in [5.41, 5.74) is 14.1. The number of rotatable bonds is 12. The predicted molar refractivity (Wildman–Crippen MR) is 175 cm³/mol. The van der Waals surface area contributed by atoms with Crippen LogP contribution in [0.15, 0.2) is 60.7 Å². The maximum Gasteiger partial charge on any atom is 0.138 e. The maximum atomic E-state index is 6.10. The molecule has 2 aliphatic rings. The normalized spacial score (nSPS) is 15.8. The Kier molecular flexibility index (Phi) is 9.26. The number of anilines is 2. The minimum absolute atomic E-state index is 0.799. The Balaban J connectivity index is 1.07. The number of nitrogens with zero attached hydrogens (tertiary/aromatic N) is 4. The highest BCUT2D eigenvalue weighted by Crippen LogP contribution is 2.31. The van der Waals surface area contributed by atoms with Crippen LogP contribution in [-0.2, 0) is 13.0 Å². The molecule has 222 valence electrons. The van der Waals surface area contributed by atoms with Crippen LogP contribution in [0.25, 0.3) is 22.4 Å². The molecule has 2 aliphatic heterocycles. The second kappa shape index (κ2) is 13.6. The molecule has 1 fully saturated rings. The van der Waals surface area contributed by atoms with Gasteiger partial charge in [0.1, 0.15) is 11.6 Å². The highest BCUT2D eigenvalue weighted by Gasteiger charge is 2.19. The lowest BCUT2D eigenvalue weighted by Gasteiger charge is -2.34. The monoisotopic (exact) mass is 566 g/mol. The Hall–Kier alpha value is -3.55. The summed E-state index contributed by atoms with van der Waals surface area (Å²) in [5.74, 6) is 1.94. The van der Waals surface area contributed by atoms with Crippen LogP contribution in [0, 0.1) is 0 Å². The molecule has 0 radical (unpaired) electrons. The van der Waals surface area contributed by atoms with Gasteiger partial charge in [-0.3, -0.25) is 0 Å². The lowest BCUT2D eigenvalue weighted by atomic mass is 9.98. The number of unbranched alkanes of at least 4 members (excludes halogenated alkanes) is 5. The van der Waals surface area contributed by atoms with E-state index in [1.807, 2.05) is 0 Å². The molecule has 0 saturated carbocycles. The number of hydrogen-bond donors (Lipinski definition) is 2. The molecule has 0 aliphatic carbocycles. The van der Waals surface area contributed by atoms with Crippen molar-refractivity contribution < 1.29 is 4.74 Å². The van der Waals surface area contributed by atoms with Crippen LogP contribution in [0.5, 0.6) is 5.75 Å². The first kappa shape index (κ1) is 28.6. The van der Waals surface area contributed by atoms with Crippen LogP contribution in [-0.4, -0.2) is 67.8 Å². The maximum absolute atomic E-state index is 6.10. The van der Waals surface area contributed by atoms with Gasteiger partial charge in [0.2, 0.25) is 0 Å². The first-order chi connectivity index (χ1) is 20.7. The van der Waals surface area contributed by atoms with Crippen molar-refractivity contribution in [1.82, 2.24) is 14.9 Å². The zero-order valence-corrected chi connectivity index (χ0v) is 25.2. The van der Waals surface area contributed by atoms with Crippen molar-refractivity contribution in [2.45, 2.75) is 51.5 Å². The number of aromatic nitrogens is 2. The number of hydrogen-bond acceptors (Lipinski definition) is 6. The highest BCUT2D eigenvalue weighted by molar-refractivity contribution is 5.83. The summed E-state index contributed by atoms with van der Waals surface area (Å²) in [6.45, 7) is 7.86. The number of ether oxygens (including phenoxy) is 1. The Labute approximate surface area is 250 Å². The van der Waals surface area contributed by atoms with Crippen LogP contribution < -0.4 is 20.3 Å². The lowest BCUT2D eigenvalue weighted by molar-refractivity contribution is 0.304. The smallest absolute Gasteiger partial charge is 0.138 e. The fourth-order valence-electron chi connectivity index (χ4n) is 6.23. The standard InChI is InChI=1S/C35H46N6O/c1-39-18-20-40(21-19-39)31-12-14-33-34(25-31)38-35(37-33)28-9-8-10-30(23-28)41-17-15-27-24-32(13-11-29(27)26-41)42-22-7-5-3-2-4-6-16-36/h8-14,23-25H,2-7,15-22,26,36H2,1H3,(H,37,38). The molecule has 0 spiro atoms. The number of nitrogens with one attached hydrogen (secondary N) is 1. The summed E-state index contributed by atoms with van der Waals surface area (Å²) < 4.78 is 6.10. The van der Waals surface area contributed by atoms with Gasteiger partial charge in [-0.1, -0.05) is 43.9 Å². The van der Waals surface area contributed by atoms with Crippen LogP contribution in [0.4, 0.5) is 11.4 Å². The van der Waals surface area contributed by atoms with Crippen LogP contribution in [0.2, 0.25) is 0 Å². The van der Waals surface area contributed by atoms with Crippen molar-refractivity contribution >= 4 is 22.4 Å². The van der Waals surface area contributed by atoms with Crippen molar-refractivity contribution in [2.75, 3.05) is 62.7 Å². The third kappa shape index (κ3) is 6.90. The van der Waals surface area contributed by atoms with E-state index < -0.39 is 0 Å². The largest absolute Gasteiger partial charge is 0.494 e. The van der Waals surface area contributed by atoms with E-state index in [0.29, 0.717) is 0 Å². The van der Waals surface area contributed by atoms with Crippen molar-refractivity contribution in [3.05, 3.63) is 71.8 Å². The van der Waals surface area contributed by atoms with Crippen molar-refractivity contribution in [3.63, 3.8) is 0 Å². The van der Waals surface area contributed by atoms with Gasteiger partial charge in [0, 0.05) is 56.2 Å². The molecule has 3 heterocycles. The predicted octanol–water partition coefficient (Wildman–Crippen LogP) is 6.22. The Bertz CT molecular complexity index is 1460. The molecule has 0 bridgehead atoms. The number of benzene rings is 3. The molecule has 0 atom stereocenters. The summed E-state index contributed by atoms with van der Waals surface area (Å²) in [4.78, 5) is 15.9. The molecular weight excluding hydrogens is 520 g/mol. The third-order valence-corrected chi connectivity index (χ3v) is 8.88. The average molecular weight is 567 g/mol. The van der Waals surface area contributed by atoms with Crippen LogP contribution in [0.3, 0.4) is 0 Å². The van der Waals surface area contributed by atoms with Gasteiger partial charge >= 0.3 is 0 Å². The number of piperazine rings is 1. The van der Waals surface area contributed by atoms with E-state index in [0.717, 1.165) is 99.9 Å². The summed E-state index contributed by atoms with van der Waals surface area (Å²) in [7, 11) is 2.19. The molecule has 6 rings (SSSR count). The molecule has 42 heavy (non-hydrogen) atoms. The Morgan fingerprint density at radius 2 is 1.60 bits per heavy atom. The van der Waals surface area contributed by atoms with E-state index >= 15 is 0 Å². The number of aromatic amines is 1. The summed E-state index contributed by atoms with van der Waals surface area (Å²) >= 11 is 0. The molecular formula is C35H46N6O. The van der Waals surface area contributed by atoms with Crippen LogP contribution >= 0.6 is 0 Å². The molecule has 3 aromatic carbocycles. The van der Waals surface area contributed by atoms with Gasteiger partial charge in [0.15, 0.2) is 0 Å². The number of H-pyrrole nitrogens is 1. The summed E-state index contributed by atoms with van der Waals surface area (Å²) in [6, 6.07) is 22.1. The zero-order valence-electron chi connectivity index (χ0n) is 25.2. The fourth-order valence-corrected chi connectivity index (χ4v) is 6.23. The lowest BCUT2D eigenvalue weighted by Crippen LogP contribution is -2.44. The summed E-state index contributed by atoms with van der Waals surface area (Å²) in [6.07, 6.45) is 8.33. The minimum Gasteiger partial charge on any atom is -0.494 e. The SMILES string of the molecule is CN1CCN(c2ccc3nc(-c4cccc(N5CCc6cc(OCCCCCCCCN)ccc6C5)c4)[nH]c3c2)CC1. The molecule has 1 saturated heterocycles. The number of nitrogens with two attached hydrogens (primary N) is 1. The van der Waals surface area contributed by atoms with E-state index in [-0.39, 0.29) is 0 Å². The second-order valence-corrected chi connectivity index (χ2v) is 12.0. The fraction of sp³-hybridized carbons (Fsp3) is 0.457. The number of fused-ring (bicyclic) bond motifs is 2. The minimum atomic E-state index is 0.799. The highest BCUT2D eigenvalue weighted by atomic mass is 16.5. The number of imidazole rings is 1. The molecule has 4 aromatic rings. The van der Waals surface area contributed by atoms with E-state index in [4.69, 9.17) is 15.5 Å². The molecule has 7 heteroatoms. The van der Waals surface area contributed by atoms with E-state index in [9.17, 15) is 0 Å². The van der Waals surface area contributed by atoms with Gasteiger partial charge in [0.05, 0.1) is 17.6 Å². The van der Waals surface area contributed by atoms with Crippen molar-refractivity contribution in [2.24, 2.45) is 5.73 Å². The number of likely N-dealkylation sites (N-methyl/N-ethyl adjacent to an activating group) is 1. The van der Waals surface area contributed by atoms with Gasteiger partial charge in [-0.15, -0.1) is 0 Å². The van der Waals surface area contributed by atoms with Gasteiger partial charge < -0.3 is 30.2 Å². The molecule has 0 amide bonds. The second-order valence-electron chi connectivity index (χ2n) is 12.0. The quantitative estimate of drug-likeness (QED) is 0.198. The average Bonchev–Trinajstić information content (AvgIpc) is 3.46. The Morgan fingerprint density at radius 1 is 0.786 bits per heavy atom. The first-order valence-corrected chi connectivity index (χ1v) is 15.9. The zero-order chi connectivity index (χ0) is 28.7. The van der Waals surface area contributed by atoms with E-state index in [1.165, 1.54) is 48.2 Å². The molecule has 1 aromatic heterocycles. The van der Waals surface area contributed by atoms with Crippen molar-refractivity contribution in [3.8, 4) is 17.1 Å². The first-order valence-electron chi connectivity index (χ1n) is 15.9. The molecule has 0 unspecified atom stereocenters. The van der Waals surface area contributed by atoms with Crippen LogP contribution in [0.1, 0.15) is 49.7 Å². The van der Waals surface area contributed by atoms with Gasteiger partial charge in [-0.25, -0.2) is 4.98 Å². The summed E-state index contributed by atoms with van der Waals surface area (Å²) in [5, 5.41) is 0. The van der Waals surface area contributed by atoms with Gasteiger partial charge in [-0.2, -0.15) is 0 Å². The topological polar surface area (TPSA) is 73.7 Å². The van der Waals surface area contributed by atoms with Gasteiger partial charge in [-0.05, 0) is 86.4 Å². The molecule has 3 N–H and O–H groups in total. The van der Waals surface area contributed by atoms with Gasteiger partial charge in [0.25, 0.3) is 0 Å². The van der Waals surface area contributed by atoms with E-state index in [2.05, 4.69) is 87.4 Å². The van der Waals surface area contributed by atoms with E-state index in [1.54, 1.807) is 0 Å². The Morgan fingerprint density at radius 3 is 2.45 bits per heavy atom. The third-order valence-electron chi connectivity index (χ3n) is 8.88. The van der Waals surface area contributed by atoms with Crippen molar-refractivity contribution in [1.29, 1.82) is 0 Å².